The van der Waals surface area contributed by atoms with Crippen molar-refractivity contribution in [1.82, 2.24) is 18.8 Å². The summed E-state index contributed by atoms with van der Waals surface area (Å²) < 4.78 is 30.9. The van der Waals surface area contributed by atoms with Crippen LogP contribution in [-0.2, 0) is 27.9 Å². The molecule has 1 saturated heterocycles. The molecule has 1 aliphatic heterocycles. The number of aromatic nitrogens is 2. The maximum atomic E-state index is 13.2. The molecule has 166 valence electrons. The van der Waals surface area contributed by atoms with Gasteiger partial charge in [0.05, 0.1) is 18.6 Å². The Hall–Kier alpha value is -2.46. The van der Waals surface area contributed by atoms with Crippen LogP contribution in [0.5, 0.6) is 0 Å². The summed E-state index contributed by atoms with van der Waals surface area (Å²) in [5.41, 5.74) is 2.09. The third kappa shape index (κ3) is 3.69. The third-order valence-electron chi connectivity index (χ3n) is 5.79. The summed E-state index contributed by atoms with van der Waals surface area (Å²) in [6.07, 6.45) is 3.57. The molecule has 0 spiro atoms. The molecule has 0 saturated carbocycles. The molecule has 1 fully saturated rings. The molecule has 0 bridgehead atoms. The first-order valence-corrected chi connectivity index (χ1v) is 12.9. The quantitative estimate of drug-likeness (QED) is 0.426. The van der Waals surface area contributed by atoms with E-state index in [1.807, 2.05) is 18.3 Å². The van der Waals surface area contributed by atoms with E-state index in [1.165, 1.54) is 15.6 Å². The average molecular weight is 489 g/mol. The van der Waals surface area contributed by atoms with Crippen LogP contribution >= 0.6 is 22.9 Å². The van der Waals surface area contributed by atoms with Gasteiger partial charge in [-0.25, -0.2) is 8.42 Å². The Morgan fingerprint density at radius 1 is 1.12 bits per heavy atom. The maximum absolute atomic E-state index is 13.2. The number of thiophene rings is 1. The van der Waals surface area contributed by atoms with Crippen LogP contribution in [0.2, 0.25) is 5.02 Å². The molecule has 0 atom stereocenters. The summed E-state index contributed by atoms with van der Waals surface area (Å²) in [6.45, 7) is 3.73. The lowest BCUT2D eigenvalue weighted by Crippen LogP contribution is -2.51. The normalized spacial score (nSPS) is 15.8. The Morgan fingerprint density at radius 2 is 1.97 bits per heavy atom. The zero-order valence-electron chi connectivity index (χ0n) is 17.4. The van der Waals surface area contributed by atoms with Crippen LogP contribution in [0.4, 0.5) is 0 Å². The smallest absolute Gasteiger partial charge is 0.253 e. The van der Waals surface area contributed by atoms with E-state index in [1.54, 1.807) is 35.4 Å². The van der Waals surface area contributed by atoms with Gasteiger partial charge >= 0.3 is 0 Å². The summed E-state index contributed by atoms with van der Waals surface area (Å²) >= 11 is 7.21. The number of aryl methyl sites for hydroxylation is 1. The highest BCUT2D eigenvalue weighted by Crippen LogP contribution is 2.33. The predicted octanol–water partition coefficient (Wildman–Crippen LogP) is 3.96. The number of pyridine rings is 1. The van der Waals surface area contributed by atoms with E-state index in [0.717, 1.165) is 33.2 Å². The SMILES string of the molecule is CCn1c(CN2CCN(S(=O)(=O)c3cc4ccc(Cl)cc4s3)CC2=O)cc2cnccc21. The van der Waals surface area contributed by atoms with Gasteiger partial charge in [0.2, 0.25) is 5.91 Å². The molecule has 7 nitrogen and oxygen atoms in total. The van der Waals surface area contributed by atoms with Gasteiger partial charge in [0.25, 0.3) is 10.0 Å². The van der Waals surface area contributed by atoms with Crippen LogP contribution in [0.15, 0.2) is 53.0 Å². The van der Waals surface area contributed by atoms with Crippen LogP contribution in [0.3, 0.4) is 0 Å². The number of amides is 1. The molecule has 1 aromatic carbocycles. The molecule has 10 heteroatoms. The van der Waals surface area contributed by atoms with E-state index >= 15 is 0 Å². The van der Waals surface area contributed by atoms with Gasteiger partial charge < -0.3 is 9.47 Å². The summed E-state index contributed by atoms with van der Waals surface area (Å²) in [4.78, 5) is 18.8. The molecule has 32 heavy (non-hydrogen) atoms. The molecule has 0 aliphatic carbocycles. The number of carbonyl (C=O) groups excluding carboxylic acids is 1. The molecule has 4 aromatic rings. The Morgan fingerprint density at radius 3 is 2.75 bits per heavy atom. The van der Waals surface area contributed by atoms with Crippen molar-refractivity contribution in [1.29, 1.82) is 0 Å². The largest absolute Gasteiger partial charge is 0.343 e. The van der Waals surface area contributed by atoms with Gasteiger partial charge in [0.15, 0.2) is 0 Å². The van der Waals surface area contributed by atoms with E-state index in [4.69, 9.17) is 11.6 Å². The van der Waals surface area contributed by atoms with Crippen molar-refractivity contribution in [2.45, 2.75) is 24.2 Å². The minimum atomic E-state index is -3.75. The summed E-state index contributed by atoms with van der Waals surface area (Å²) in [5, 5.41) is 2.42. The monoisotopic (exact) mass is 488 g/mol. The van der Waals surface area contributed by atoms with E-state index in [9.17, 15) is 13.2 Å². The maximum Gasteiger partial charge on any atom is 0.253 e. The zero-order chi connectivity index (χ0) is 22.5. The molecule has 0 N–H and O–H groups in total. The second kappa shape index (κ2) is 8.15. The fourth-order valence-corrected chi connectivity index (χ4v) is 7.37. The number of hydrogen-bond donors (Lipinski definition) is 0. The molecule has 1 amide bonds. The van der Waals surface area contributed by atoms with Gasteiger partial charge in [-0.05, 0) is 42.6 Å². The van der Waals surface area contributed by atoms with Crippen molar-refractivity contribution in [2.24, 2.45) is 0 Å². The number of benzene rings is 1. The lowest BCUT2D eigenvalue weighted by Gasteiger charge is -2.33. The standard InChI is InChI=1S/C22H21ClN4O3S2/c1-2-27-18(9-16-12-24-6-5-19(16)27)13-25-7-8-26(14-21(25)28)32(29,30)22-10-15-3-4-17(23)11-20(15)31-22/h3-6,9-12H,2,7-8,13-14H2,1H3. The Kier molecular flexibility index (Phi) is 5.45. The second-order valence-corrected chi connectivity index (χ2v) is 11.4. The number of hydrogen-bond acceptors (Lipinski definition) is 5. The van der Waals surface area contributed by atoms with Crippen LogP contribution < -0.4 is 0 Å². The van der Waals surface area contributed by atoms with Gasteiger partial charge in [0.1, 0.15) is 4.21 Å². The van der Waals surface area contributed by atoms with Crippen molar-refractivity contribution in [3.05, 3.63) is 59.5 Å². The van der Waals surface area contributed by atoms with E-state index in [-0.39, 0.29) is 23.2 Å². The molecular formula is C22H21ClN4O3S2. The fourth-order valence-electron chi connectivity index (χ4n) is 4.16. The van der Waals surface area contributed by atoms with Crippen molar-refractivity contribution >= 4 is 59.9 Å². The number of piperazine rings is 1. The Labute approximate surface area is 194 Å². The molecule has 3 aromatic heterocycles. The van der Waals surface area contributed by atoms with Gasteiger partial charge in [-0.2, -0.15) is 4.31 Å². The third-order valence-corrected chi connectivity index (χ3v) is 9.42. The second-order valence-electron chi connectivity index (χ2n) is 7.72. The van der Waals surface area contributed by atoms with Crippen LogP contribution in [-0.4, -0.2) is 52.7 Å². The first kappa shape index (κ1) is 21.4. The highest BCUT2D eigenvalue weighted by Gasteiger charge is 2.34. The lowest BCUT2D eigenvalue weighted by molar-refractivity contribution is -0.134. The van der Waals surface area contributed by atoms with E-state index < -0.39 is 10.0 Å². The van der Waals surface area contributed by atoms with Gasteiger partial charge in [-0.1, -0.05) is 17.7 Å². The number of rotatable bonds is 5. The van der Waals surface area contributed by atoms with Crippen molar-refractivity contribution < 1.29 is 13.2 Å². The number of sulfonamides is 1. The summed E-state index contributed by atoms with van der Waals surface area (Å²) in [6, 6.07) is 11.0. The van der Waals surface area contributed by atoms with Crippen molar-refractivity contribution in [3.8, 4) is 0 Å². The first-order chi connectivity index (χ1) is 15.4. The fraction of sp³-hybridized carbons (Fsp3) is 0.273. The molecule has 4 heterocycles. The minimum absolute atomic E-state index is 0.161. The summed E-state index contributed by atoms with van der Waals surface area (Å²) in [5.74, 6) is -0.199. The number of carbonyl (C=O) groups is 1. The van der Waals surface area contributed by atoms with Gasteiger partial charge in [0, 0.05) is 52.8 Å². The average Bonchev–Trinajstić information content (AvgIpc) is 3.35. The highest BCUT2D eigenvalue weighted by molar-refractivity contribution is 7.91. The number of halogens is 1. The Balaban J connectivity index is 1.35. The number of fused-ring (bicyclic) bond motifs is 2. The molecular weight excluding hydrogens is 468 g/mol. The minimum Gasteiger partial charge on any atom is -0.343 e. The predicted molar refractivity (Wildman–Crippen MR) is 126 cm³/mol. The summed E-state index contributed by atoms with van der Waals surface area (Å²) in [7, 11) is -3.75. The van der Waals surface area contributed by atoms with Crippen LogP contribution in [0, 0.1) is 0 Å². The zero-order valence-corrected chi connectivity index (χ0v) is 19.8. The number of nitrogens with zero attached hydrogens (tertiary/aromatic N) is 4. The van der Waals surface area contributed by atoms with Crippen molar-refractivity contribution in [2.75, 3.05) is 19.6 Å². The van der Waals surface area contributed by atoms with Gasteiger partial charge in [-0.3, -0.25) is 9.78 Å². The van der Waals surface area contributed by atoms with E-state index in [0.29, 0.717) is 18.1 Å². The lowest BCUT2D eigenvalue weighted by atomic mass is 10.3. The molecule has 0 radical (unpaired) electrons. The van der Waals surface area contributed by atoms with Crippen LogP contribution in [0.1, 0.15) is 12.6 Å². The molecule has 5 rings (SSSR count). The van der Waals surface area contributed by atoms with Crippen LogP contribution in [0.25, 0.3) is 21.0 Å². The highest BCUT2D eigenvalue weighted by atomic mass is 35.5. The molecule has 1 aliphatic rings. The Bertz CT molecular complexity index is 1440. The van der Waals surface area contributed by atoms with Crippen molar-refractivity contribution in [3.63, 3.8) is 0 Å². The first-order valence-electron chi connectivity index (χ1n) is 10.3. The molecule has 0 unspecified atom stereocenters. The van der Waals surface area contributed by atoms with E-state index in [2.05, 4.69) is 16.5 Å². The van der Waals surface area contributed by atoms with Gasteiger partial charge in [-0.15, -0.1) is 11.3 Å². The topological polar surface area (TPSA) is 75.5 Å².